The lowest BCUT2D eigenvalue weighted by atomic mass is 10.0. The molecule has 0 spiro atoms. The smallest absolute Gasteiger partial charge is 0.0595 e. The average molecular weight is 300 g/mol. The Labute approximate surface area is 122 Å². The van der Waals surface area contributed by atoms with Crippen molar-refractivity contribution >= 4 is 34.8 Å². The van der Waals surface area contributed by atoms with Gasteiger partial charge in [-0.3, -0.25) is 0 Å². The van der Waals surface area contributed by atoms with Gasteiger partial charge < -0.3 is 0 Å². The molecule has 2 rings (SSSR count). The van der Waals surface area contributed by atoms with Gasteiger partial charge in [0.25, 0.3) is 0 Å². The van der Waals surface area contributed by atoms with Crippen LogP contribution in [0.15, 0.2) is 48.5 Å². The fourth-order valence-corrected chi connectivity index (χ4v) is 2.39. The molecular weight excluding hydrogens is 287 g/mol. The standard InChI is InChI=1S/C15H13Cl3/c16-13(12-4-2-1-3-5-12)8-6-11-7-9-14(17)15(18)10-11/h1-5,7,9-10,13H,6,8H2. The minimum absolute atomic E-state index is 0.0284. The maximum atomic E-state index is 6.37. The number of benzene rings is 2. The van der Waals surface area contributed by atoms with Crippen LogP contribution in [-0.2, 0) is 6.42 Å². The van der Waals surface area contributed by atoms with Gasteiger partial charge >= 0.3 is 0 Å². The molecule has 0 fully saturated rings. The zero-order valence-electron chi connectivity index (χ0n) is 9.74. The van der Waals surface area contributed by atoms with Crippen molar-refractivity contribution in [2.45, 2.75) is 18.2 Å². The molecule has 3 heteroatoms. The lowest BCUT2D eigenvalue weighted by Gasteiger charge is -2.10. The summed E-state index contributed by atoms with van der Waals surface area (Å²) in [5.74, 6) is 0. The second-order valence-electron chi connectivity index (χ2n) is 4.17. The Morgan fingerprint density at radius 3 is 2.28 bits per heavy atom. The number of hydrogen-bond donors (Lipinski definition) is 0. The van der Waals surface area contributed by atoms with Crippen molar-refractivity contribution in [1.82, 2.24) is 0 Å². The van der Waals surface area contributed by atoms with Crippen LogP contribution in [0.3, 0.4) is 0 Å². The molecule has 0 saturated carbocycles. The second kappa shape index (κ2) is 6.47. The van der Waals surface area contributed by atoms with Gasteiger partial charge in [0, 0.05) is 0 Å². The van der Waals surface area contributed by atoms with E-state index in [1.807, 2.05) is 48.5 Å². The summed E-state index contributed by atoms with van der Waals surface area (Å²) in [6, 6.07) is 15.8. The van der Waals surface area contributed by atoms with Gasteiger partial charge in [-0.2, -0.15) is 0 Å². The van der Waals surface area contributed by atoms with E-state index in [1.165, 1.54) is 0 Å². The highest BCUT2D eigenvalue weighted by Gasteiger charge is 2.08. The maximum Gasteiger partial charge on any atom is 0.0595 e. The summed E-state index contributed by atoms with van der Waals surface area (Å²) in [5.41, 5.74) is 2.31. The highest BCUT2D eigenvalue weighted by Crippen LogP contribution is 2.28. The number of halogens is 3. The molecule has 2 aromatic carbocycles. The van der Waals surface area contributed by atoms with Crippen molar-refractivity contribution in [1.29, 1.82) is 0 Å². The van der Waals surface area contributed by atoms with Crippen LogP contribution in [0.2, 0.25) is 10.0 Å². The summed E-state index contributed by atoms with van der Waals surface area (Å²) in [7, 11) is 0. The molecule has 0 bridgehead atoms. The molecule has 0 aliphatic rings. The largest absolute Gasteiger partial charge is 0.118 e. The molecule has 1 unspecified atom stereocenters. The summed E-state index contributed by atoms with van der Waals surface area (Å²) in [5, 5.41) is 1.21. The summed E-state index contributed by atoms with van der Waals surface area (Å²) >= 11 is 18.2. The number of rotatable bonds is 4. The van der Waals surface area contributed by atoms with E-state index in [1.54, 1.807) is 0 Å². The first-order valence-corrected chi connectivity index (χ1v) is 6.99. The first-order chi connectivity index (χ1) is 8.66. The van der Waals surface area contributed by atoms with E-state index in [0.29, 0.717) is 10.0 Å². The predicted octanol–water partition coefficient (Wildman–Crippen LogP) is 5.91. The van der Waals surface area contributed by atoms with Gasteiger partial charge in [0.2, 0.25) is 0 Å². The molecule has 0 aliphatic heterocycles. The highest BCUT2D eigenvalue weighted by atomic mass is 35.5. The lowest BCUT2D eigenvalue weighted by Crippen LogP contribution is -1.94. The van der Waals surface area contributed by atoms with E-state index in [9.17, 15) is 0 Å². The van der Waals surface area contributed by atoms with Crippen LogP contribution < -0.4 is 0 Å². The van der Waals surface area contributed by atoms with Gasteiger partial charge in [0.15, 0.2) is 0 Å². The number of aryl methyl sites for hydroxylation is 1. The van der Waals surface area contributed by atoms with Crippen molar-refractivity contribution in [3.63, 3.8) is 0 Å². The summed E-state index contributed by atoms with van der Waals surface area (Å²) in [4.78, 5) is 0. The van der Waals surface area contributed by atoms with Gasteiger partial charge in [0.1, 0.15) is 0 Å². The Balaban J connectivity index is 1.97. The maximum absolute atomic E-state index is 6.37. The van der Waals surface area contributed by atoms with Gasteiger partial charge in [-0.15, -0.1) is 11.6 Å². The van der Waals surface area contributed by atoms with Crippen molar-refractivity contribution in [2.75, 3.05) is 0 Å². The van der Waals surface area contributed by atoms with E-state index >= 15 is 0 Å². The van der Waals surface area contributed by atoms with Crippen LogP contribution >= 0.6 is 34.8 Å². The molecule has 0 nitrogen and oxygen atoms in total. The molecular formula is C15H13Cl3. The van der Waals surface area contributed by atoms with E-state index in [0.717, 1.165) is 24.0 Å². The molecule has 0 saturated heterocycles. The number of alkyl halides is 1. The third-order valence-corrected chi connectivity index (χ3v) is 4.04. The quantitative estimate of drug-likeness (QED) is 0.616. The minimum Gasteiger partial charge on any atom is -0.118 e. The van der Waals surface area contributed by atoms with Crippen molar-refractivity contribution in [2.24, 2.45) is 0 Å². The van der Waals surface area contributed by atoms with E-state index in [-0.39, 0.29) is 5.38 Å². The van der Waals surface area contributed by atoms with Crippen molar-refractivity contribution in [3.8, 4) is 0 Å². The summed E-state index contributed by atoms with van der Waals surface area (Å²) < 4.78 is 0. The molecule has 0 N–H and O–H groups in total. The second-order valence-corrected chi connectivity index (χ2v) is 5.51. The Morgan fingerprint density at radius 2 is 1.61 bits per heavy atom. The molecule has 0 aromatic heterocycles. The Kier molecular flexibility index (Phi) is 4.94. The van der Waals surface area contributed by atoms with Gasteiger partial charge in [-0.1, -0.05) is 59.6 Å². The molecule has 18 heavy (non-hydrogen) atoms. The van der Waals surface area contributed by atoms with Crippen LogP contribution in [0, 0.1) is 0 Å². The third-order valence-electron chi connectivity index (χ3n) is 2.83. The zero-order valence-corrected chi connectivity index (χ0v) is 12.0. The third kappa shape index (κ3) is 3.65. The minimum atomic E-state index is 0.0284. The van der Waals surface area contributed by atoms with Crippen LogP contribution in [-0.4, -0.2) is 0 Å². The van der Waals surface area contributed by atoms with Crippen LogP contribution in [0.1, 0.15) is 22.9 Å². The fraction of sp³-hybridized carbons (Fsp3) is 0.200. The predicted molar refractivity (Wildman–Crippen MR) is 79.8 cm³/mol. The van der Waals surface area contributed by atoms with Crippen LogP contribution in [0.5, 0.6) is 0 Å². The van der Waals surface area contributed by atoms with Crippen LogP contribution in [0.4, 0.5) is 0 Å². The first kappa shape index (κ1) is 13.7. The lowest BCUT2D eigenvalue weighted by molar-refractivity contribution is 0.794. The molecule has 0 heterocycles. The first-order valence-electron chi connectivity index (χ1n) is 5.80. The Hall–Kier alpha value is -0.690. The van der Waals surface area contributed by atoms with Crippen molar-refractivity contribution < 1.29 is 0 Å². The van der Waals surface area contributed by atoms with Gasteiger partial charge in [-0.05, 0) is 36.1 Å². The van der Waals surface area contributed by atoms with Crippen molar-refractivity contribution in [3.05, 3.63) is 69.7 Å². The average Bonchev–Trinajstić information content (AvgIpc) is 2.41. The molecule has 0 radical (unpaired) electrons. The fourth-order valence-electron chi connectivity index (χ4n) is 1.82. The molecule has 1 atom stereocenters. The van der Waals surface area contributed by atoms with E-state index < -0.39 is 0 Å². The topological polar surface area (TPSA) is 0 Å². The summed E-state index contributed by atoms with van der Waals surface area (Å²) in [6.45, 7) is 0. The van der Waals surface area contributed by atoms with Crippen LogP contribution in [0.25, 0.3) is 0 Å². The SMILES string of the molecule is Clc1ccc(CCC(Cl)c2ccccc2)cc1Cl. The zero-order chi connectivity index (χ0) is 13.0. The van der Waals surface area contributed by atoms with E-state index in [2.05, 4.69) is 0 Å². The van der Waals surface area contributed by atoms with Gasteiger partial charge in [-0.25, -0.2) is 0 Å². The Morgan fingerprint density at radius 1 is 0.889 bits per heavy atom. The molecule has 2 aromatic rings. The summed E-state index contributed by atoms with van der Waals surface area (Å²) in [6.07, 6.45) is 1.77. The molecule has 94 valence electrons. The molecule has 0 aliphatic carbocycles. The van der Waals surface area contributed by atoms with E-state index in [4.69, 9.17) is 34.8 Å². The number of hydrogen-bond acceptors (Lipinski definition) is 0. The van der Waals surface area contributed by atoms with Gasteiger partial charge in [0.05, 0.1) is 15.4 Å². The normalized spacial score (nSPS) is 12.4. The monoisotopic (exact) mass is 298 g/mol. The molecule has 0 amide bonds. The highest BCUT2D eigenvalue weighted by molar-refractivity contribution is 6.42. The Bertz CT molecular complexity index is 508.